The van der Waals surface area contributed by atoms with Crippen LogP contribution in [0.1, 0.15) is 39.2 Å². The molecule has 0 aliphatic heterocycles. The first kappa shape index (κ1) is 10.5. The Balaban J connectivity index is 2.90. The van der Waals surface area contributed by atoms with Gasteiger partial charge in [-0.1, -0.05) is 27.7 Å². The van der Waals surface area contributed by atoms with Crippen LogP contribution < -0.4 is 0 Å². The molecule has 0 N–H and O–H groups in total. The molecule has 72 valence electrons. The van der Waals surface area contributed by atoms with Gasteiger partial charge in [-0.2, -0.15) is 0 Å². The molecule has 1 aromatic rings. The molecule has 1 heterocycles. The van der Waals surface area contributed by atoms with Crippen LogP contribution in [0.5, 0.6) is 0 Å². The molecule has 0 saturated heterocycles. The molecule has 3 heteroatoms. The van der Waals surface area contributed by atoms with Gasteiger partial charge in [0.15, 0.2) is 0 Å². The average molecular weight is 199 g/mol. The molecule has 0 fully saturated rings. The number of hydrogen-bond donors (Lipinski definition) is 0. The molecule has 0 bridgehead atoms. The smallest absolute Gasteiger partial charge is 0.222 e. The van der Waals surface area contributed by atoms with Crippen molar-refractivity contribution in [3.63, 3.8) is 0 Å². The van der Waals surface area contributed by atoms with E-state index in [-0.39, 0.29) is 5.41 Å². The minimum absolute atomic E-state index is 0.233. The standard InChI is InChI=1S/C10H15ClN2/c1-7(10(2,3)4)8-5-12-9(11)13-6-8/h5-7H,1-4H3. The molecule has 1 aromatic heterocycles. The molecule has 0 amide bonds. The average Bonchev–Trinajstić information content (AvgIpc) is 2.03. The van der Waals surface area contributed by atoms with Gasteiger partial charge >= 0.3 is 0 Å². The zero-order valence-corrected chi connectivity index (χ0v) is 9.26. The summed E-state index contributed by atoms with van der Waals surface area (Å²) >= 11 is 5.61. The van der Waals surface area contributed by atoms with Crippen LogP contribution in [-0.4, -0.2) is 9.97 Å². The second-order valence-corrected chi connectivity index (χ2v) is 4.71. The highest BCUT2D eigenvalue weighted by molar-refractivity contribution is 6.28. The van der Waals surface area contributed by atoms with Crippen LogP contribution in [0.4, 0.5) is 0 Å². The second-order valence-electron chi connectivity index (χ2n) is 4.37. The molecular weight excluding hydrogens is 184 g/mol. The monoisotopic (exact) mass is 198 g/mol. The molecule has 0 saturated carbocycles. The zero-order chi connectivity index (χ0) is 10.1. The fraction of sp³-hybridized carbons (Fsp3) is 0.600. The van der Waals surface area contributed by atoms with Crippen LogP contribution >= 0.6 is 11.6 Å². The van der Waals surface area contributed by atoms with Gasteiger partial charge in [-0.15, -0.1) is 0 Å². The quantitative estimate of drug-likeness (QED) is 0.648. The normalized spacial score (nSPS) is 14.2. The predicted molar refractivity (Wildman–Crippen MR) is 54.9 cm³/mol. The zero-order valence-electron chi connectivity index (χ0n) is 8.50. The van der Waals surface area contributed by atoms with Crippen LogP contribution in [0.2, 0.25) is 5.28 Å². The van der Waals surface area contributed by atoms with Crippen molar-refractivity contribution in [1.82, 2.24) is 9.97 Å². The van der Waals surface area contributed by atoms with Crippen molar-refractivity contribution in [2.75, 3.05) is 0 Å². The molecule has 1 atom stereocenters. The van der Waals surface area contributed by atoms with E-state index in [4.69, 9.17) is 11.6 Å². The highest BCUT2D eigenvalue weighted by atomic mass is 35.5. The van der Waals surface area contributed by atoms with Gasteiger partial charge in [-0.3, -0.25) is 0 Å². The van der Waals surface area contributed by atoms with Gasteiger partial charge < -0.3 is 0 Å². The molecule has 0 aromatic carbocycles. The van der Waals surface area contributed by atoms with E-state index in [1.165, 1.54) is 0 Å². The summed E-state index contributed by atoms with van der Waals surface area (Å²) in [4.78, 5) is 7.94. The summed E-state index contributed by atoms with van der Waals surface area (Å²) in [7, 11) is 0. The van der Waals surface area contributed by atoms with Crippen LogP contribution in [0.3, 0.4) is 0 Å². The fourth-order valence-electron chi connectivity index (χ4n) is 1.05. The van der Waals surface area contributed by atoms with Crippen molar-refractivity contribution < 1.29 is 0 Å². The number of hydrogen-bond acceptors (Lipinski definition) is 2. The van der Waals surface area contributed by atoms with E-state index in [0.29, 0.717) is 11.2 Å². The summed E-state index contributed by atoms with van der Waals surface area (Å²) in [6.07, 6.45) is 3.59. The maximum Gasteiger partial charge on any atom is 0.222 e. The Morgan fingerprint density at radius 2 is 1.69 bits per heavy atom. The van der Waals surface area contributed by atoms with Crippen molar-refractivity contribution in [3.05, 3.63) is 23.2 Å². The van der Waals surface area contributed by atoms with Crippen LogP contribution in [0, 0.1) is 5.41 Å². The van der Waals surface area contributed by atoms with Gasteiger partial charge in [0.1, 0.15) is 0 Å². The van der Waals surface area contributed by atoms with E-state index >= 15 is 0 Å². The lowest BCUT2D eigenvalue weighted by atomic mass is 9.79. The molecule has 1 unspecified atom stereocenters. The lowest BCUT2D eigenvalue weighted by Gasteiger charge is -2.26. The van der Waals surface area contributed by atoms with Gasteiger partial charge in [0.25, 0.3) is 0 Å². The Bertz CT molecular complexity index is 274. The molecule has 0 aliphatic carbocycles. The molecule has 0 aliphatic rings. The van der Waals surface area contributed by atoms with Gasteiger partial charge in [-0.05, 0) is 28.5 Å². The predicted octanol–water partition coefficient (Wildman–Crippen LogP) is 3.28. The van der Waals surface area contributed by atoms with E-state index in [0.717, 1.165) is 5.56 Å². The van der Waals surface area contributed by atoms with Crippen molar-refractivity contribution in [1.29, 1.82) is 0 Å². The van der Waals surface area contributed by atoms with Crippen molar-refractivity contribution in [3.8, 4) is 0 Å². The summed E-state index contributed by atoms with van der Waals surface area (Å²) in [6, 6.07) is 0. The Morgan fingerprint density at radius 3 is 2.08 bits per heavy atom. The van der Waals surface area contributed by atoms with Gasteiger partial charge in [0.05, 0.1) is 0 Å². The van der Waals surface area contributed by atoms with E-state index in [1.54, 1.807) is 12.4 Å². The van der Waals surface area contributed by atoms with Crippen molar-refractivity contribution >= 4 is 11.6 Å². The lowest BCUT2D eigenvalue weighted by Crippen LogP contribution is -2.15. The molecule has 0 spiro atoms. The molecule has 2 nitrogen and oxygen atoms in total. The Hall–Kier alpha value is -0.630. The third-order valence-electron chi connectivity index (χ3n) is 2.44. The van der Waals surface area contributed by atoms with E-state index in [2.05, 4.69) is 37.7 Å². The topological polar surface area (TPSA) is 25.8 Å². The van der Waals surface area contributed by atoms with E-state index < -0.39 is 0 Å². The summed E-state index contributed by atoms with van der Waals surface area (Å²) in [6.45, 7) is 8.78. The maximum absolute atomic E-state index is 5.61. The summed E-state index contributed by atoms with van der Waals surface area (Å²) in [5, 5.41) is 0.310. The Kier molecular flexibility index (Phi) is 2.91. The maximum atomic E-state index is 5.61. The van der Waals surface area contributed by atoms with E-state index in [9.17, 15) is 0 Å². The molecule has 0 radical (unpaired) electrons. The summed E-state index contributed by atoms with van der Waals surface area (Å²) < 4.78 is 0. The molecule has 13 heavy (non-hydrogen) atoms. The minimum atomic E-state index is 0.233. The van der Waals surface area contributed by atoms with Gasteiger partial charge in [0, 0.05) is 12.4 Å². The van der Waals surface area contributed by atoms with Gasteiger partial charge in [-0.25, -0.2) is 9.97 Å². The molecule has 1 rings (SSSR count). The third-order valence-corrected chi connectivity index (χ3v) is 2.63. The highest BCUT2D eigenvalue weighted by Gasteiger charge is 2.21. The Labute approximate surface area is 84.4 Å². The van der Waals surface area contributed by atoms with Crippen LogP contribution in [0.15, 0.2) is 12.4 Å². The van der Waals surface area contributed by atoms with Crippen molar-refractivity contribution in [2.24, 2.45) is 5.41 Å². The first-order chi connectivity index (χ1) is 5.91. The first-order valence-electron chi connectivity index (χ1n) is 4.38. The second kappa shape index (κ2) is 3.62. The number of nitrogens with zero attached hydrogens (tertiary/aromatic N) is 2. The summed E-state index contributed by atoms with van der Waals surface area (Å²) in [5.41, 5.74) is 1.37. The lowest BCUT2D eigenvalue weighted by molar-refractivity contribution is 0.338. The number of aromatic nitrogens is 2. The largest absolute Gasteiger partial charge is 0.226 e. The van der Waals surface area contributed by atoms with Crippen LogP contribution in [0.25, 0.3) is 0 Å². The summed E-state index contributed by atoms with van der Waals surface area (Å²) in [5.74, 6) is 0.435. The number of halogens is 1. The minimum Gasteiger partial charge on any atom is -0.226 e. The Morgan fingerprint density at radius 1 is 1.23 bits per heavy atom. The number of rotatable bonds is 1. The van der Waals surface area contributed by atoms with Gasteiger partial charge in [0.2, 0.25) is 5.28 Å². The third kappa shape index (κ3) is 2.66. The molecular formula is C10H15ClN2. The fourth-order valence-corrected chi connectivity index (χ4v) is 1.14. The first-order valence-corrected chi connectivity index (χ1v) is 4.76. The highest BCUT2D eigenvalue weighted by Crippen LogP contribution is 2.33. The van der Waals surface area contributed by atoms with E-state index in [1.807, 2.05) is 0 Å². The van der Waals surface area contributed by atoms with Crippen LogP contribution in [-0.2, 0) is 0 Å². The SMILES string of the molecule is CC(c1cnc(Cl)nc1)C(C)(C)C. The van der Waals surface area contributed by atoms with Crippen molar-refractivity contribution in [2.45, 2.75) is 33.6 Å².